The van der Waals surface area contributed by atoms with Crippen molar-refractivity contribution in [1.82, 2.24) is 15.1 Å². The second kappa shape index (κ2) is 6.42. The van der Waals surface area contributed by atoms with E-state index in [0.29, 0.717) is 18.1 Å². The molecule has 1 aliphatic rings. The van der Waals surface area contributed by atoms with Crippen LogP contribution in [-0.4, -0.2) is 28.1 Å². The molecular weight excluding hydrogens is 316 g/mol. The third kappa shape index (κ3) is 3.37. The molecule has 120 valence electrons. The highest BCUT2D eigenvalue weighted by atomic mass is 35.5. The lowest BCUT2D eigenvalue weighted by molar-refractivity contribution is -0.126. The molecule has 2 aromatic rings. The summed E-state index contributed by atoms with van der Waals surface area (Å²) in [5.74, 6) is -0.550. The van der Waals surface area contributed by atoms with Crippen molar-refractivity contribution in [2.75, 3.05) is 11.4 Å². The SMILES string of the molecule is Cn1cc(N2C[C@H](C(=O)NCc3ccccc3Cl)CC2=O)cn1. The van der Waals surface area contributed by atoms with E-state index < -0.39 is 0 Å². The topological polar surface area (TPSA) is 67.2 Å². The third-order valence-electron chi connectivity index (χ3n) is 3.91. The zero-order valence-corrected chi connectivity index (χ0v) is 13.5. The normalized spacial score (nSPS) is 17.6. The van der Waals surface area contributed by atoms with Gasteiger partial charge in [0.1, 0.15) is 0 Å². The van der Waals surface area contributed by atoms with Gasteiger partial charge in [0.25, 0.3) is 0 Å². The lowest BCUT2D eigenvalue weighted by Crippen LogP contribution is -2.32. The summed E-state index contributed by atoms with van der Waals surface area (Å²) in [6.45, 7) is 0.731. The van der Waals surface area contributed by atoms with Gasteiger partial charge in [-0.2, -0.15) is 5.10 Å². The number of hydrogen-bond acceptors (Lipinski definition) is 3. The van der Waals surface area contributed by atoms with E-state index >= 15 is 0 Å². The Morgan fingerprint density at radius 2 is 2.22 bits per heavy atom. The number of amides is 2. The van der Waals surface area contributed by atoms with Gasteiger partial charge in [-0.15, -0.1) is 0 Å². The summed E-state index contributed by atoms with van der Waals surface area (Å²) in [6, 6.07) is 7.36. The summed E-state index contributed by atoms with van der Waals surface area (Å²) in [5, 5.41) is 7.53. The van der Waals surface area contributed by atoms with Crippen LogP contribution < -0.4 is 10.2 Å². The third-order valence-corrected chi connectivity index (χ3v) is 4.28. The number of halogens is 1. The number of hydrogen-bond donors (Lipinski definition) is 1. The van der Waals surface area contributed by atoms with Crippen LogP contribution in [0.3, 0.4) is 0 Å². The van der Waals surface area contributed by atoms with Gasteiger partial charge in [0.05, 0.1) is 17.8 Å². The van der Waals surface area contributed by atoms with Crippen LogP contribution in [-0.2, 0) is 23.2 Å². The van der Waals surface area contributed by atoms with Gasteiger partial charge in [-0.3, -0.25) is 14.3 Å². The first-order valence-electron chi connectivity index (χ1n) is 7.34. The van der Waals surface area contributed by atoms with Crippen molar-refractivity contribution in [1.29, 1.82) is 0 Å². The first-order chi connectivity index (χ1) is 11.0. The quantitative estimate of drug-likeness (QED) is 0.927. The minimum absolute atomic E-state index is 0.0594. The van der Waals surface area contributed by atoms with Gasteiger partial charge in [-0.05, 0) is 11.6 Å². The van der Waals surface area contributed by atoms with Crippen LogP contribution in [0.1, 0.15) is 12.0 Å². The maximum atomic E-state index is 12.3. The van der Waals surface area contributed by atoms with Gasteiger partial charge in [0.15, 0.2) is 0 Å². The predicted octanol–water partition coefficient (Wildman–Crippen LogP) is 1.74. The van der Waals surface area contributed by atoms with Crippen molar-refractivity contribution in [3.63, 3.8) is 0 Å². The molecule has 1 atom stereocenters. The van der Waals surface area contributed by atoms with E-state index in [-0.39, 0.29) is 24.2 Å². The predicted molar refractivity (Wildman–Crippen MR) is 87.0 cm³/mol. The number of anilines is 1. The average Bonchev–Trinajstić information content (AvgIpc) is 3.12. The second-order valence-corrected chi connectivity index (χ2v) is 5.99. The Labute approximate surface area is 139 Å². The fourth-order valence-corrected chi connectivity index (χ4v) is 2.85. The Kier molecular flexibility index (Phi) is 4.34. The molecule has 2 amide bonds. The van der Waals surface area contributed by atoms with Crippen molar-refractivity contribution in [3.05, 3.63) is 47.2 Å². The molecule has 0 saturated carbocycles. The fraction of sp³-hybridized carbons (Fsp3) is 0.312. The van der Waals surface area contributed by atoms with Crippen LogP contribution in [0.2, 0.25) is 5.02 Å². The Balaban J connectivity index is 1.61. The Morgan fingerprint density at radius 1 is 1.43 bits per heavy atom. The number of nitrogens with one attached hydrogen (secondary N) is 1. The van der Waals surface area contributed by atoms with Crippen LogP contribution in [0, 0.1) is 5.92 Å². The molecule has 7 heteroatoms. The van der Waals surface area contributed by atoms with Gasteiger partial charge in [-0.1, -0.05) is 29.8 Å². The summed E-state index contributed by atoms with van der Waals surface area (Å²) < 4.78 is 1.63. The zero-order chi connectivity index (χ0) is 16.4. The number of nitrogens with zero attached hydrogens (tertiary/aromatic N) is 3. The highest BCUT2D eigenvalue weighted by Gasteiger charge is 2.35. The van der Waals surface area contributed by atoms with Gasteiger partial charge in [-0.25, -0.2) is 0 Å². The summed E-state index contributed by atoms with van der Waals surface area (Å²) in [4.78, 5) is 26.0. The van der Waals surface area contributed by atoms with Gasteiger partial charge in [0, 0.05) is 37.8 Å². The van der Waals surface area contributed by atoms with E-state index in [2.05, 4.69) is 10.4 Å². The second-order valence-electron chi connectivity index (χ2n) is 5.59. The molecule has 2 heterocycles. The molecule has 1 saturated heterocycles. The number of carbonyl (C=O) groups excluding carboxylic acids is 2. The zero-order valence-electron chi connectivity index (χ0n) is 12.7. The first kappa shape index (κ1) is 15.6. The number of benzene rings is 1. The number of carbonyl (C=O) groups is 2. The van der Waals surface area contributed by atoms with E-state index in [4.69, 9.17) is 11.6 Å². The largest absolute Gasteiger partial charge is 0.352 e. The summed E-state index contributed by atoms with van der Waals surface area (Å²) in [5.41, 5.74) is 1.58. The summed E-state index contributed by atoms with van der Waals surface area (Å²) >= 11 is 6.07. The Morgan fingerprint density at radius 3 is 2.91 bits per heavy atom. The lowest BCUT2D eigenvalue weighted by atomic mass is 10.1. The van der Waals surface area contributed by atoms with Crippen LogP contribution in [0.15, 0.2) is 36.7 Å². The first-order valence-corrected chi connectivity index (χ1v) is 7.72. The molecule has 0 bridgehead atoms. The van der Waals surface area contributed by atoms with Crippen LogP contribution in [0.4, 0.5) is 5.69 Å². The number of aryl methyl sites for hydroxylation is 1. The van der Waals surface area contributed by atoms with Crippen LogP contribution >= 0.6 is 11.6 Å². The lowest BCUT2D eigenvalue weighted by Gasteiger charge is -2.14. The van der Waals surface area contributed by atoms with Crippen LogP contribution in [0.5, 0.6) is 0 Å². The highest BCUT2D eigenvalue weighted by molar-refractivity contribution is 6.31. The minimum atomic E-state index is -0.356. The standard InChI is InChI=1S/C16H17ClN4O2/c1-20-10-13(8-19-20)21-9-12(6-15(21)22)16(23)18-7-11-4-2-3-5-14(11)17/h2-5,8,10,12H,6-7,9H2,1H3,(H,18,23)/t12-/m1/s1. The van der Waals surface area contributed by atoms with Crippen molar-refractivity contribution < 1.29 is 9.59 Å². The summed E-state index contributed by atoms with van der Waals surface area (Å²) in [7, 11) is 1.79. The maximum Gasteiger partial charge on any atom is 0.227 e. The van der Waals surface area contributed by atoms with Crippen molar-refractivity contribution in [2.24, 2.45) is 13.0 Å². The Bertz CT molecular complexity index is 743. The highest BCUT2D eigenvalue weighted by Crippen LogP contribution is 2.24. The molecule has 0 unspecified atom stereocenters. The van der Waals surface area contributed by atoms with E-state index in [9.17, 15) is 9.59 Å². The molecule has 3 rings (SSSR count). The number of rotatable bonds is 4. The molecule has 1 N–H and O–H groups in total. The molecule has 0 radical (unpaired) electrons. The number of aromatic nitrogens is 2. The van der Waals surface area contributed by atoms with Gasteiger partial charge >= 0.3 is 0 Å². The van der Waals surface area contributed by atoms with Crippen molar-refractivity contribution in [2.45, 2.75) is 13.0 Å². The van der Waals surface area contributed by atoms with E-state index in [1.807, 2.05) is 18.2 Å². The smallest absolute Gasteiger partial charge is 0.227 e. The maximum absolute atomic E-state index is 12.3. The molecule has 1 fully saturated rings. The molecule has 1 aliphatic heterocycles. The van der Waals surface area contributed by atoms with Crippen LogP contribution in [0.25, 0.3) is 0 Å². The van der Waals surface area contributed by atoms with E-state index in [0.717, 1.165) is 11.3 Å². The molecular formula is C16H17ClN4O2. The minimum Gasteiger partial charge on any atom is -0.352 e. The van der Waals surface area contributed by atoms with Gasteiger partial charge in [0.2, 0.25) is 11.8 Å². The van der Waals surface area contributed by atoms with Gasteiger partial charge < -0.3 is 10.2 Å². The van der Waals surface area contributed by atoms with Crippen molar-refractivity contribution in [3.8, 4) is 0 Å². The molecule has 1 aromatic heterocycles. The molecule has 0 aliphatic carbocycles. The fourth-order valence-electron chi connectivity index (χ4n) is 2.65. The average molecular weight is 333 g/mol. The summed E-state index contributed by atoms with van der Waals surface area (Å²) in [6.07, 6.45) is 3.60. The molecule has 1 aromatic carbocycles. The molecule has 0 spiro atoms. The monoisotopic (exact) mass is 332 g/mol. The van der Waals surface area contributed by atoms with Crippen molar-refractivity contribution >= 4 is 29.1 Å². The molecule has 23 heavy (non-hydrogen) atoms. The Hall–Kier alpha value is -2.34. The molecule has 6 nitrogen and oxygen atoms in total. The van der Waals surface area contributed by atoms with E-state index in [1.165, 1.54) is 0 Å². The van der Waals surface area contributed by atoms with E-state index in [1.54, 1.807) is 35.1 Å².